The number of benzene rings is 1. The Morgan fingerprint density at radius 3 is 2.43 bits per heavy atom. The molecule has 2 aliphatic carbocycles. The van der Waals surface area contributed by atoms with Crippen LogP contribution in [-0.2, 0) is 14.4 Å². The molecule has 10 heteroatoms. The summed E-state index contributed by atoms with van der Waals surface area (Å²) in [6.07, 6.45) is 1.02. The fraction of sp³-hybridized carbons (Fsp3) is 0.520. The number of carbonyl (C=O) groups excluding carboxylic acids is 2. The van der Waals surface area contributed by atoms with E-state index in [2.05, 4.69) is 4.98 Å². The zero-order valence-electron chi connectivity index (χ0n) is 19.1. The van der Waals surface area contributed by atoms with Gasteiger partial charge < -0.3 is 10.1 Å². The molecule has 4 aliphatic rings. The van der Waals surface area contributed by atoms with Gasteiger partial charge in [-0.05, 0) is 54.2 Å². The highest BCUT2D eigenvalue weighted by Crippen LogP contribution is 2.68. The summed E-state index contributed by atoms with van der Waals surface area (Å²) in [5.74, 6) is -2.77. The molecule has 2 amide bonds. The number of carboxylic acid groups (broad SMARTS) is 1. The molecule has 1 aromatic heterocycles. The van der Waals surface area contributed by atoms with Gasteiger partial charge in [-0.1, -0.05) is 48.9 Å². The molecule has 3 fully saturated rings. The largest absolute Gasteiger partial charge is 0.480 e. The molecule has 0 unspecified atom stereocenters. The number of fused-ring (bicyclic) bond motifs is 9. The van der Waals surface area contributed by atoms with Crippen LogP contribution in [0.2, 0.25) is 5.02 Å². The Labute approximate surface area is 215 Å². The molecule has 2 N–H and O–H groups in total. The lowest BCUT2D eigenvalue weighted by atomic mass is 9.68. The molecule has 6 rings (SSSR count). The Morgan fingerprint density at radius 1 is 1.14 bits per heavy atom. The number of aliphatic carboxylic acids is 1. The number of hydrogen-bond donors (Lipinski definition) is 2. The number of carboxylic acids is 1. The van der Waals surface area contributed by atoms with E-state index in [9.17, 15) is 24.3 Å². The second kappa shape index (κ2) is 8.21. The predicted octanol–water partition coefficient (Wildman–Crippen LogP) is 4.06. The predicted molar refractivity (Wildman–Crippen MR) is 133 cm³/mol. The van der Waals surface area contributed by atoms with Crippen molar-refractivity contribution >= 4 is 52.5 Å². The van der Waals surface area contributed by atoms with Crippen LogP contribution in [0.25, 0.3) is 0 Å². The third-order valence-electron chi connectivity index (χ3n) is 8.28. The van der Waals surface area contributed by atoms with E-state index in [0.29, 0.717) is 5.02 Å². The van der Waals surface area contributed by atoms with Crippen LogP contribution in [-0.4, -0.2) is 44.1 Å². The summed E-state index contributed by atoms with van der Waals surface area (Å²) in [7, 11) is 0. The van der Waals surface area contributed by atoms with Gasteiger partial charge in [0, 0.05) is 21.1 Å². The van der Waals surface area contributed by atoms with Crippen molar-refractivity contribution in [2.75, 3.05) is 0 Å². The van der Waals surface area contributed by atoms with Crippen molar-refractivity contribution in [3.8, 4) is 0 Å². The number of likely N-dealkylation sites (tertiary alicyclic amines) is 1. The van der Waals surface area contributed by atoms with Crippen LogP contribution >= 0.6 is 34.7 Å². The number of carbonyl (C=O) groups is 3. The molecule has 2 saturated carbocycles. The number of H-pyrrole nitrogens is 1. The zero-order chi connectivity index (χ0) is 24.8. The average Bonchev–Trinajstić information content (AvgIpc) is 3.52. The van der Waals surface area contributed by atoms with Crippen molar-refractivity contribution in [2.45, 2.75) is 48.9 Å². The Kier molecular flexibility index (Phi) is 5.47. The highest BCUT2D eigenvalue weighted by atomic mass is 35.5. The number of nitrogens with one attached hydrogen (secondary N) is 1. The molecule has 7 nitrogen and oxygen atoms in total. The number of rotatable bonds is 5. The van der Waals surface area contributed by atoms with Crippen LogP contribution in [0.4, 0.5) is 0 Å². The number of thioether (sulfide) groups is 1. The van der Waals surface area contributed by atoms with Crippen molar-refractivity contribution in [1.82, 2.24) is 9.88 Å². The van der Waals surface area contributed by atoms with Crippen LogP contribution in [0.1, 0.15) is 43.0 Å². The van der Waals surface area contributed by atoms with Crippen molar-refractivity contribution in [3.05, 3.63) is 49.4 Å². The Balaban J connectivity index is 1.42. The molecule has 184 valence electrons. The number of hydrogen-bond acceptors (Lipinski definition) is 6. The van der Waals surface area contributed by atoms with Gasteiger partial charge in [-0.2, -0.15) is 0 Å². The van der Waals surface area contributed by atoms with Crippen LogP contribution in [0.15, 0.2) is 34.1 Å². The average molecular weight is 533 g/mol. The number of imide groups is 1. The van der Waals surface area contributed by atoms with Gasteiger partial charge in [-0.25, -0.2) is 4.79 Å². The lowest BCUT2D eigenvalue weighted by Gasteiger charge is -2.43. The van der Waals surface area contributed by atoms with Gasteiger partial charge in [0.1, 0.15) is 6.04 Å². The molecule has 0 spiro atoms. The van der Waals surface area contributed by atoms with E-state index in [-0.39, 0.29) is 57.9 Å². The standard InChI is InChI=1S/C25H25ClN2O5S2/c1-9(2)7-14(24(31)32)28-22(29)17-12-8-13(18(17)23(28)30)19-16(12)15(10-3-5-11(26)6-4-10)20-21(34-19)27-25(33)35-20/h3-6,9,12-19H,7-8H2,1-2H3,(H,27,33)(H,31,32)/t12-,13-,14-,15+,16-,17+,18-,19-/m1/s1. The summed E-state index contributed by atoms with van der Waals surface area (Å²) in [4.78, 5) is 56.6. The highest BCUT2D eigenvalue weighted by Gasteiger charge is 2.70. The lowest BCUT2D eigenvalue weighted by Crippen LogP contribution is -2.47. The van der Waals surface area contributed by atoms with Crippen molar-refractivity contribution in [3.63, 3.8) is 0 Å². The maximum atomic E-state index is 13.7. The quantitative estimate of drug-likeness (QED) is 0.562. The zero-order valence-corrected chi connectivity index (χ0v) is 21.5. The highest BCUT2D eigenvalue weighted by molar-refractivity contribution is 8.00. The van der Waals surface area contributed by atoms with E-state index in [4.69, 9.17) is 11.6 Å². The van der Waals surface area contributed by atoms with E-state index >= 15 is 0 Å². The first-order valence-electron chi connectivity index (χ1n) is 11.9. The summed E-state index contributed by atoms with van der Waals surface area (Å²) < 4.78 is 0. The molecular formula is C25H25ClN2O5S2. The van der Waals surface area contributed by atoms with E-state index in [1.807, 2.05) is 38.1 Å². The molecular weight excluding hydrogens is 508 g/mol. The first-order chi connectivity index (χ1) is 16.7. The third-order valence-corrected chi connectivity index (χ3v) is 11.1. The van der Waals surface area contributed by atoms with Crippen molar-refractivity contribution in [2.24, 2.45) is 35.5 Å². The number of amides is 2. The maximum Gasteiger partial charge on any atom is 0.326 e. The van der Waals surface area contributed by atoms with Gasteiger partial charge >= 0.3 is 10.8 Å². The second-order valence-corrected chi connectivity index (χ2v) is 13.2. The molecule has 0 radical (unpaired) electrons. The van der Waals surface area contributed by atoms with Crippen LogP contribution in [0.5, 0.6) is 0 Å². The molecule has 1 saturated heterocycles. The van der Waals surface area contributed by atoms with Crippen molar-refractivity contribution in [1.29, 1.82) is 0 Å². The molecule has 2 aromatic rings. The molecule has 8 atom stereocenters. The number of aromatic amines is 1. The summed E-state index contributed by atoms with van der Waals surface area (Å²) in [5.41, 5.74) is 1.04. The Bertz CT molecular complexity index is 1290. The van der Waals surface area contributed by atoms with E-state index in [1.54, 1.807) is 11.8 Å². The minimum Gasteiger partial charge on any atom is -0.480 e. The molecule has 1 aromatic carbocycles. The van der Waals surface area contributed by atoms with Gasteiger partial charge in [-0.3, -0.25) is 19.3 Å². The third kappa shape index (κ3) is 3.38. The van der Waals surface area contributed by atoms with Gasteiger partial charge in [0.05, 0.1) is 16.9 Å². The molecule has 3 heterocycles. The van der Waals surface area contributed by atoms with Gasteiger partial charge in [0.25, 0.3) is 0 Å². The summed E-state index contributed by atoms with van der Waals surface area (Å²) in [6.45, 7) is 3.79. The van der Waals surface area contributed by atoms with E-state index < -0.39 is 23.8 Å². The maximum absolute atomic E-state index is 13.7. The van der Waals surface area contributed by atoms with E-state index in [1.165, 1.54) is 11.3 Å². The topological polar surface area (TPSA) is 108 Å². The van der Waals surface area contributed by atoms with Gasteiger partial charge in [0.2, 0.25) is 11.8 Å². The molecule has 2 bridgehead atoms. The number of nitrogens with zero attached hydrogens (tertiary/aromatic N) is 1. The van der Waals surface area contributed by atoms with Crippen molar-refractivity contribution < 1.29 is 19.5 Å². The number of halogens is 1. The first-order valence-corrected chi connectivity index (χ1v) is 14.0. The van der Waals surface area contributed by atoms with E-state index in [0.717, 1.165) is 26.8 Å². The first kappa shape index (κ1) is 23.3. The second-order valence-electron chi connectivity index (χ2n) is 10.5. The van der Waals surface area contributed by atoms with Crippen LogP contribution in [0, 0.1) is 35.5 Å². The SMILES string of the molecule is CC(C)C[C@H](C(=O)O)N1C(=O)[C@@H]2[C@H]3C[C@@H]([C@@H]2C1=O)[C@@H]1[C@H](c2ccc(Cl)cc2)c2sc(=O)[nH]c2S[C@H]31. The van der Waals surface area contributed by atoms with Gasteiger partial charge in [0.15, 0.2) is 0 Å². The normalized spacial score (nSPS) is 33.7. The number of aromatic nitrogens is 1. The lowest BCUT2D eigenvalue weighted by molar-refractivity contribution is -0.156. The minimum absolute atomic E-state index is 0.0266. The Morgan fingerprint density at radius 2 is 1.80 bits per heavy atom. The van der Waals surface area contributed by atoms with Crippen LogP contribution < -0.4 is 4.87 Å². The molecule has 35 heavy (non-hydrogen) atoms. The summed E-state index contributed by atoms with van der Waals surface area (Å²) in [6, 6.07) is 6.52. The van der Waals surface area contributed by atoms with Gasteiger partial charge in [-0.15, -0.1) is 11.8 Å². The monoisotopic (exact) mass is 532 g/mol. The fourth-order valence-electron chi connectivity index (χ4n) is 7.15. The summed E-state index contributed by atoms with van der Waals surface area (Å²) in [5, 5.41) is 11.4. The summed E-state index contributed by atoms with van der Waals surface area (Å²) >= 11 is 8.98. The van der Waals surface area contributed by atoms with Crippen LogP contribution in [0.3, 0.4) is 0 Å². The smallest absolute Gasteiger partial charge is 0.326 e. The number of thiazole rings is 1. The minimum atomic E-state index is -1.13. The Hall–Kier alpha value is -2.10. The molecule has 2 aliphatic heterocycles. The fourth-order valence-corrected chi connectivity index (χ4v) is 10.2.